The van der Waals surface area contributed by atoms with E-state index in [1.165, 1.54) is 10.6 Å². The minimum atomic E-state index is -0.454. The number of aromatic amines is 1. The van der Waals surface area contributed by atoms with Crippen molar-refractivity contribution in [2.45, 2.75) is 32.4 Å². The maximum Gasteiger partial charge on any atom is 0.329 e. The summed E-state index contributed by atoms with van der Waals surface area (Å²) in [6.07, 6.45) is 1.91. The SMILES string of the molecule is CCC1OCCC1Cn1c(=O)cc(Cl)[nH]c1=O. The maximum absolute atomic E-state index is 11.7. The van der Waals surface area contributed by atoms with E-state index in [0.29, 0.717) is 13.2 Å². The van der Waals surface area contributed by atoms with Crippen molar-refractivity contribution in [2.75, 3.05) is 6.61 Å². The quantitative estimate of drug-likeness (QED) is 0.823. The van der Waals surface area contributed by atoms with E-state index in [2.05, 4.69) is 4.98 Å². The standard InChI is InChI=1S/C11H15ClN2O3/c1-2-8-7(3-4-17-8)6-14-10(15)5-9(12)13-11(14)16/h5,7-8H,2-4,6H2,1H3,(H,13,16). The van der Waals surface area contributed by atoms with Crippen LogP contribution < -0.4 is 11.2 Å². The summed E-state index contributed by atoms with van der Waals surface area (Å²) in [5.74, 6) is 0.222. The zero-order valence-electron chi connectivity index (χ0n) is 9.61. The predicted octanol–water partition coefficient (Wildman–Crippen LogP) is 1.01. The van der Waals surface area contributed by atoms with Crippen LogP contribution in [0.5, 0.6) is 0 Å². The molecule has 0 spiro atoms. The Labute approximate surface area is 103 Å². The van der Waals surface area contributed by atoms with Crippen LogP contribution in [0.25, 0.3) is 0 Å². The predicted molar refractivity (Wildman–Crippen MR) is 64.5 cm³/mol. The molecule has 0 amide bonds. The van der Waals surface area contributed by atoms with E-state index in [1.807, 2.05) is 6.92 Å². The molecule has 2 rings (SSSR count). The molecule has 1 N–H and O–H groups in total. The molecule has 1 aliphatic rings. The van der Waals surface area contributed by atoms with Crippen molar-refractivity contribution in [3.8, 4) is 0 Å². The highest BCUT2D eigenvalue weighted by atomic mass is 35.5. The first-order valence-corrected chi connectivity index (χ1v) is 6.11. The Morgan fingerprint density at radius 1 is 1.59 bits per heavy atom. The second kappa shape index (κ2) is 5.06. The third-order valence-electron chi connectivity index (χ3n) is 3.15. The summed E-state index contributed by atoms with van der Waals surface area (Å²) in [4.78, 5) is 25.7. The minimum absolute atomic E-state index is 0.0750. The Kier molecular flexibility index (Phi) is 3.69. The normalized spacial score (nSPS) is 24.1. The van der Waals surface area contributed by atoms with Crippen molar-refractivity contribution >= 4 is 11.6 Å². The Balaban J connectivity index is 2.25. The topological polar surface area (TPSA) is 64.1 Å². The molecule has 0 aliphatic carbocycles. The van der Waals surface area contributed by atoms with Gasteiger partial charge in [-0.2, -0.15) is 0 Å². The van der Waals surface area contributed by atoms with Gasteiger partial charge < -0.3 is 4.74 Å². The van der Waals surface area contributed by atoms with E-state index < -0.39 is 5.69 Å². The van der Waals surface area contributed by atoms with E-state index in [-0.39, 0.29) is 22.7 Å². The van der Waals surface area contributed by atoms with Crippen LogP contribution in [0.2, 0.25) is 5.15 Å². The summed E-state index contributed by atoms with van der Waals surface area (Å²) < 4.78 is 6.73. The highest BCUT2D eigenvalue weighted by Gasteiger charge is 2.27. The molecule has 1 aromatic rings. The summed E-state index contributed by atoms with van der Waals surface area (Å²) in [6, 6.07) is 1.22. The molecule has 0 radical (unpaired) electrons. The minimum Gasteiger partial charge on any atom is -0.378 e. The fourth-order valence-electron chi connectivity index (χ4n) is 2.25. The first-order valence-electron chi connectivity index (χ1n) is 5.73. The number of aromatic nitrogens is 2. The Hall–Kier alpha value is -1.07. The second-order valence-corrected chi connectivity index (χ2v) is 4.64. The van der Waals surface area contributed by atoms with Crippen LogP contribution >= 0.6 is 11.6 Å². The first kappa shape index (κ1) is 12.4. The molecule has 1 aliphatic heterocycles. The molecular weight excluding hydrogens is 244 g/mol. The van der Waals surface area contributed by atoms with E-state index in [9.17, 15) is 9.59 Å². The van der Waals surface area contributed by atoms with Crippen LogP contribution in [0.1, 0.15) is 19.8 Å². The largest absolute Gasteiger partial charge is 0.378 e. The Morgan fingerprint density at radius 3 is 3.00 bits per heavy atom. The molecule has 0 bridgehead atoms. The van der Waals surface area contributed by atoms with Crippen LogP contribution in [-0.2, 0) is 11.3 Å². The number of nitrogens with one attached hydrogen (secondary N) is 1. The molecule has 94 valence electrons. The average Bonchev–Trinajstić information content (AvgIpc) is 2.70. The van der Waals surface area contributed by atoms with E-state index >= 15 is 0 Å². The van der Waals surface area contributed by atoms with Crippen LogP contribution in [0, 0.1) is 5.92 Å². The molecule has 17 heavy (non-hydrogen) atoms. The zero-order valence-corrected chi connectivity index (χ0v) is 10.4. The van der Waals surface area contributed by atoms with Crippen molar-refractivity contribution in [2.24, 2.45) is 5.92 Å². The summed E-state index contributed by atoms with van der Waals surface area (Å²) in [5, 5.41) is 0.0750. The number of hydrogen-bond donors (Lipinski definition) is 1. The van der Waals surface area contributed by atoms with Crippen molar-refractivity contribution in [3.05, 3.63) is 32.1 Å². The van der Waals surface area contributed by atoms with Gasteiger partial charge in [-0.05, 0) is 12.8 Å². The van der Waals surface area contributed by atoms with Gasteiger partial charge in [-0.15, -0.1) is 0 Å². The number of ether oxygens (including phenoxy) is 1. The molecule has 2 atom stereocenters. The number of halogens is 1. The van der Waals surface area contributed by atoms with Gasteiger partial charge in [-0.25, -0.2) is 4.79 Å². The monoisotopic (exact) mass is 258 g/mol. The van der Waals surface area contributed by atoms with Crippen molar-refractivity contribution < 1.29 is 4.74 Å². The van der Waals surface area contributed by atoms with Gasteiger partial charge in [0.25, 0.3) is 5.56 Å². The van der Waals surface area contributed by atoms with Gasteiger partial charge >= 0.3 is 5.69 Å². The lowest BCUT2D eigenvalue weighted by Crippen LogP contribution is -2.38. The van der Waals surface area contributed by atoms with Gasteiger partial charge in [0.2, 0.25) is 0 Å². The van der Waals surface area contributed by atoms with E-state index in [1.54, 1.807) is 0 Å². The molecule has 0 saturated carbocycles. The van der Waals surface area contributed by atoms with Crippen LogP contribution in [0.3, 0.4) is 0 Å². The second-order valence-electron chi connectivity index (χ2n) is 4.24. The van der Waals surface area contributed by atoms with Gasteiger partial charge in [0.15, 0.2) is 0 Å². The van der Waals surface area contributed by atoms with E-state index in [0.717, 1.165) is 12.8 Å². The van der Waals surface area contributed by atoms with Gasteiger partial charge in [0.1, 0.15) is 5.15 Å². The summed E-state index contributed by atoms with van der Waals surface area (Å²) in [7, 11) is 0. The van der Waals surface area contributed by atoms with Crippen molar-refractivity contribution in [1.82, 2.24) is 9.55 Å². The van der Waals surface area contributed by atoms with E-state index in [4.69, 9.17) is 16.3 Å². The number of hydrogen-bond acceptors (Lipinski definition) is 3. The van der Waals surface area contributed by atoms with Crippen molar-refractivity contribution in [3.63, 3.8) is 0 Å². The Bertz CT molecular complexity index is 477. The molecule has 1 saturated heterocycles. The highest BCUT2D eigenvalue weighted by molar-refractivity contribution is 6.29. The number of nitrogens with zero attached hydrogens (tertiary/aromatic N) is 1. The molecule has 1 aromatic heterocycles. The van der Waals surface area contributed by atoms with Gasteiger partial charge in [-0.3, -0.25) is 14.3 Å². The van der Waals surface area contributed by atoms with Crippen LogP contribution in [0.15, 0.2) is 15.7 Å². The highest BCUT2D eigenvalue weighted by Crippen LogP contribution is 2.24. The molecular formula is C11H15ClN2O3. The lowest BCUT2D eigenvalue weighted by Gasteiger charge is -2.17. The van der Waals surface area contributed by atoms with Gasteiger partial charge in [0, 0.05) is 25.1 Å². The lowest BCUT2D eigenvalue weighted by molar-refractivity contribution is 0.0829. The van der Waals surface area contributed by atoms with Gasteiger partial charge in [0.05, 0.1) is 6.10 Å². The summed E-state index contributed by atoms with van der Waals surface area (Å²) >= 11 is 5.60. The molecule has 1 fully saturated rings. The summed E-state index contributed by atoms with van der Waals surface area (Å²) in [6.45, 7) is 3.13. The van der Waals surface area contributed by atoms with Crippen LogP contribution in [-0.4, -0.2) is 22.3 Å². The molecule has 2 heterocycles. The number of rotatable bonds is 3. The zero-order chi connectivity index (χ0) is 12.4. The lowest BCUT2D eigenvalue weighted by atomic mass is 10.00. The molecule has 5 nitrogen and oxygen atoms in total. The average molecular weight is 259 g/mol. The first-order chi connectivity index (χ1) is 8.11. The third-order valence-corrected chi connectivity index (χ3v) is 3.36. The summed E-state index contributed by atoms with van der Waals surface area (Å²) in [5.41, 5.74) is -0.815. The Morgan fingerprint density at radius 2 is 2.35 bits per heavy atom. The smallest absolute Gasteiger partial charge is 0.329 e. The fraction of sp³-hybridized carbons (Fsp3) is 0.636. The molecule has 2 unspecified atom stereocenters. The number of H-pyrrole nitrogens is 1. The fourth-order valence-corrected chi connectivity index (χ4v) is 2.43. The maximum atomic E-state index is 11.7. The molecule has 0 aromatic carbocycles. The van der Waals surface area contributed by atoms with Crippen molar-refractivity contribution in [1.29, 1.82) is 0 Å². The van der Waals surface area contributed by atoms with Crippen LogP contribution in [0.4, 0.5) is 0 Å². The third kappa shape index (κ3) is 2.61. The molecule has 6 heteroatoms. The van der Waals surface area contributed by atoms with Gasteiger partial charge in [-0.1, -0.05) is 18.5 Å².